The minimum Gasteiger partial charge on any atom is -0.337 e. The van der Waals surface area contributed by atoms with Crippen LogP contribution in [0.15, 0.2) is 6.20 Å². The average molecular weight is 170 g/mol. The van der Waals surface area contributed by atoms with Crippen LogP contribution in [-0.4, -0.2) is 9.55 Å². The van der Waals surface area contributed by atoms with Gasteiger partial charge in [0.2, 0.25) is 0 Å². The first-order valence-electron chi connectivity index (χ1n) is 3.95. The van der Waals surface area contributed by atoms with E-state index in [0.29, 0.717) is 5.92 Å². The Bertz CT molecular complexity index is 283. The average Bonchev–Trinajstić information content (AvgIpc) is 2.30. The van der Waals surface area contributed by atoms with E-state index in [1.807, 2.05) is 6.20 Å². The number of aromatic nitrogens is 2. The third kappa shape index (κ3) is 1.53. The topological polar surface area (TPSA) is 20.7 Å². The maximum absolute atomic E-state index is 5.10. The first kappa shape index (κ1) is 8.53. The molecule has 1 aromatic rings. The molecule has 3 heteroatoms. The molecule has 1 heterocycles. The Morgan fingerprint density at radius 1 is 1.64 bits per heavy atom. The van der Waals surface area contributed by atoms with Crippen LogP contribution >= 0.6 is 12.2 Å². The summed E-state index contributed by atoms with van der Waals surface area (Å²) in [5, 5.41) is 0. The Labute approximate surface area is 72.3 Å². The number of rotatable bonds is 2. The SMILES string of the molecule is CCn1c(C(C)C)c[nH]c1=S. The molecule has 1 rings (SSSR count). The first-order valence-corrected chi connectivity index (χ1v) is 4.35. The van der Waals surface area contributed by atoms with Crippen molar-refractivity contribution in [3.8, 4) is 0 Å². The van der Waals surface area contributed by atoms with E-state index in [9.17, 15) is 0 Å². The van der Waals surface area contributed by atoms with Crippen molar-refractivity contribution in [2.24, 2.45) is 0 Å². The van der Waals surface area contributed by atoms with Gasteiger partial charge in [-0.25, -0.2) is 0 Å². The highest BCUT2D eigenvalue weighted by molar-refractivity contribution is 7.71. The lowest BCUT2D eigenvalue weighted by Gasteiger charge is -2.07. The molecule has 0 fully saturated rings. The monoisotopic (exact) mass is 170 g/mol. The Morgan fingerprint density at radius 3 is 2.64 bits per heavy atom. The largest absolute Gasteiger partial charge is 0.337 e. The number of nitrogens with zero attached hydrogens (tertiary/aromatic N) is 1. The van der Waals surface area contributed by atoms with E-state index < -0.39 is 0 Å². The van der Waals surface area contributed by atoms with Crippen LogP contribution in [0.25, 0.3) is 0 Å². The lowest BCUT2D eigenvalue weighted by atomic mass is 10.1. The third-order valence-electron chi connectivity index (χ3n) is 1.81. The summed E-state index contributed by atoms with van der Waals surface area (Å²) in [7, 11) is 0. The second-order valence-corrected chi connectivity index (χ2v) is 3.30. The van der Waals surface area contributed by atoms with Gasteiger partial charge >= 0.3 is 0 Å². The first-order chi connectivity index (χ1) is 5.16. The Morgan fingerprint density at radius 2 is 2.27 bits per heavy atom. The van der Waals surface area contributed by atoms with Gasteiger partial charge in [-0.05, 0) is 25.1 Å². The molecule has 0 saturated heterocycles. The Balaban J connectivity index is 3.16. The van der Waals surface area contributed by atoms with Crippen LogP contribution < -0.4 is 0 Å². The summed E-state index contributed by atoms with van der Waals surface area (Å²) < 4.78 is 2.95. The van der Waals surface area contributed by atoms with Gasteiger partial charge in [0.25, 0.3) is 0 Å². The number of H-pyrrole nitrogens is 1. The molecule has 0 radical (unpaired) electrons. The minimum atomic E-state index is 0.544. The second-order valence-electron chi connectivity index (χ2n) is 2.92. The lowest BCUT2D eigenvalue weighted by Crippen LogP contribution is -2.01. The molecular weight excluding hydrogens is 156 g/mol. The van der Waals surface area contributed by atoms with Crippen LogP contribution in [0.3, 0.4) is 0 Å². The van der Waals surface area contributed by atoms with Crippen LogP contribution in [0.5, 0.6) is 0 Å². The van der Waals surface area contributed by atoms with Crippen molar-refractivity contribution >= 4 is 12.2 Å². The molecule has 0 aliphatic rings. The fraction of sp³-hybridized carbons (Fsp3) is 0.625. The van der Waals surface area contributed by atoms with Crippen LogP contribution in [-0.2, 0) is 6.54 Å². The summed E-state index contributed by atoms with van der Waals surface area (Å²) in [4.78, 5) is 3.05. The highest BCUT2D eigenvalue weighted by Gasteiger charge is 2.04. The molecule has 0 unspecified atom stereocenters. The van der Waals surface area contributed by atoms with Crippen molar-refractivity contribution in [2.45, 2.75) is 33.2 Å². The number of hydrogen-bond acceptors (Lipinski definition) is 1. The molecule has 11 heavy (non-hydrogen) atoms. The quantitative estimate of drug-likeness (QED) is 0.677. The van der Waals surface area contributed by atoms with Crippen LogP contribution in [0, 0.1) is 4.77 Å². The molecular formula is C8H14N2S. The smallest absolute Gasteiger partial charge is 0.177 e. The Kier molecular flexibility index (Phi) is 2.49. The molecule has 0 aromatic carbocycles. The van der Waals surface area contributed by atoms with Crippen molar-refractivity contribution in [2.75, 3.05) is 0 Å². The van der Waals surface area contributed by atoms with Crippen LogP contribution in [0.4, 0.5) is 0 Å². The van der Waals surface area contributed by atoms with Gasteiger partial charge in [0.05, 0.1) is 0 Å². The summed E-state index contributed by atoms with van der Waals surface area (Å²) >= 11 is 5.10. The van der Waals surface area contributed by atoms with Gasteiger partial charge in [-0.3, -0.25) is 0 Å². The molecule has 0 saturated carbocycles. The van der Waals surface area contributed by atoms with Gasteiger partial charge in [-0.15, -0.1) is 0 Å². The molecule has 0 atom stereocenters. The molecule has 62 valence electrons. The molecule has 0 aliphatic heterocycles. The standard InChI is InChI=1S/C8H14N2S/c1-4-10-7(6(2)3)5-9-8(10)11/h5-6H,4H2,1-3H3,(H,9,11). The molecule has 1 aromatic heterocycles. The maximum Gasteiger partial charge on any atom is 0.177 e. The van der Waals surface area contributed by atoms with E-state index in [0.717, 1.165) is 11.3 Å². The fourth-order valence-corrected chi connectivity index (χ4v) is 1.51. The third-order valence-corrected chi connectivity index (χ3v) is 2.15. The van der Waals surface area contributed by atoms with E-state index in [-0.39, 0.29) is 0 Å². The van der Waals surface area contributed by atoms with E-state index in [1.54, 1.807) is 0 Å². The van der Waals surface area contributed by atoms with Crippen molar-refractivity contribution in [1.29, 1.82) is 0 Å². The summed E-state index contributed by atoms with van der Waals surface area (Å²) in [6.45, 7) is 7.40. The highest BCUT2D eigenvalue weighted by atomic mass is 32.1. The fourth-order valence-electron chi connectivity index (χ4n) is 1.21. The molecule has 1 N–H and O–H groups in total. The Hall–Kier alpha value is -0.570. The van der Waals surface area contributed by atoms with Gasteiger partial charge in [-0.2, -0.15) is 0 Å². The van der Waals surface area contributed by atoms with Crippen molar-refractivity contribution in [3.05, 3.63) is 16.7 Å². The molecule has 2 nitrogen and oxygen atoms in total. The predicted molar refractivity (Wildman–Crippen MR) is 49.4 cm³/mol. The van der Waals surface area contributed by atoms with Gasteiger partial charge in [0.1, 0.15) is 0 Å². The maximum atomic E-state index is 5.10. The van der Waals surface area contributed by atoms with Crippen molar-refractivity contribution in [1.82, 2.24) is 9.55 Å². The van der Waals surface area contributed by atoms with E-state index in [2.05, 4.69) is 30.3 Å². The summed E-state index contributed by atoms with van der Waals surface area (Å²) in [6.07, 6.45) is 2.00. The predicted octanol–water partition coefficient (Wildman–Crippen LogP) is 2.69. The van der Waals surface area contributed by atoms with Gasteiger partial charge in [0.15, 0.2) is 4.77 Å². The van der Waals surface area contributed by atoms with E-state index in [1.165, 1.54) is 5.69 Å². The van der Waals surface area contributed by atoms with Gasteiger partial charge < -0.3 is 9.55 Å². The number of imidazole rings is 1. The normalized spacial score (nSPS) is 10.9. The van der Waals surface area contributed by atoms with Crippen LogP contribution in [0.1, 0.15) is 32.4 Å². The second kappa shape index (κ2) is 3.22. The zero-order valence-corrected chi connectivity index (χ0v) is 8.03. The van der Waals surface area contributed by atoms with Gasteiger partial charge in [0, 0.05) is 18.4 Å². The minimum absolute atomic E-state index is 0.544. The number of nitrogens with one attached hydrogen (secondary N) is 1. The molecule has 0 aliphatic carbocycles. The van der Waals surface area contributed by atoms with Gasteiger partial charge in [-0.1, -0.05) is 13.8 Å². The molecule has 0 bridgehead atoms. The summed E-state index contributed by atoms with van der Waals surface area (Å²) in [6, 6.07) is 0. The summed E-state index contributed by atoms with van der Waals surface area (Å²) in [5.74, 6) is 0.544. The van der Waals surface area contributed by atoms with Crippen molar-refractivity contribution in [3.63, 3.8) is 0 Å². The number of hydrogen-bond donors (Lipinski definition) is 1. The van der Waals surface area contributed by atoms with Crippen LogP contribution in [0.2, 0.25) is 0 Å². The van der Waals surface area contributed by atoms with E-state index in [4.69, 9.17) is 12.2 Å². The van der Waals surface area contributed by atoms with E-state index >= 15 is 0 Å². The zero-order chi connectivity index (χ0) is 8.43. The summed E-state index contributed by atoms with van der Waals surface area (Å²) in [5.41, 5.74) is 1.29. The lowest BCUT2D eigenvalue weighted by molar-refractivity contribution is 0.664. The molecule has 0 amide bonds. The molecule has 0 spiro atoms. The van der Waals surface area contributed by atoms with Crippen molar-refractivity contribution < 1.29 is 0 Å². The highest BCUT2D eigenvalue weighted by Crippen LogP contribution is 2.13. The number of aromatic amines is 1. The zero-order valence-electron chi connectivity index (χ0n) is 7.22.